The normalized spacial score (nSPS) is 24.6. The van der Waals surface area contributed by atoms with Crippen LogP contribution in [0.4, 0.5) is 0 Å². The highest BCUT2D eigenvalue weighted by molar-refractivity contribution is 9.10. The van der Waals surface area contributed by atoms with Gasteiger partial charge < -0.3 is 10.6 Å². The number of halogens is 1. The van der Waals surface area contributed by atoms with E-state index in [-0.39, 0.29) is 23.0 Å². The van der Waals surface area contributed by atoms with Crippen molar-refractivity contribution in [2.45, 2.75) is 44.1 Å². The quantitative estimate of drug-likeness (QED) is 0.559. The Bertz CT molecular complexity index is 727. The number of sulfone groups is 1. The number of guanidine groups is 1. The zero-order chi connectivity index (χ0) is 17.9. The molecule has 5 nitrogen and oxygen atoms in total. The van der Waals surface area contributed by atoms with Gasteiger partial charge >= 0.3 is 0 Å². The van der Waals surface area contributed by atoms with Gasteiger partial charge in [0.15, 0.2) is 15.8 Å². The van der Waals surface area contributed by atoms with Crippen LogP contribution in [0.15, 0.2) is 33.7 Å². The lowest BCUT2D eigenvalue weighted by atomic mass is 9.64. The summed E-state index contributed by atoms with van der Waals surface area (Å²) in [6.45, 7) is 3.51. The van der Waals surface area contributed by atoms with Gasteiger partial charge in [0.1, 0.15) is 0 Å². The molecule has 3 rings (SSSR count). The maximum Gasteiger partial charge on any atom is 0.191 e. The Morgan fingerprint density at radius 3 is 2.56 bits per heavy atom. The van der Waals surface area contributed by atoms with Gasteiger partial charge in [0.2, 0.25) is 0 Å². The van der Waals surface area contributed by atoms with E-state index in [0.29, 0.717) is 6.42 Å². The minimum absolute atomic E-state index is 0.0344. The predicted octanol–water partition coefficient (Wildman–Crippen LogP) is 2.61. The van der Waals surface area contributed by atoms with Gasteiger partial charge in [-0.2, -0.15) is 0 Å². The fourth-order valence-corrected chi connectivity index (χ4v) is 5.54. The molecule has 0 radical (unpaired) electrons. The average Bonchev–Trinajstić information content (AvgIpc) is 2.87. The molecule has 25 heavy (non-hydrogen) atoms. The van der Waals surface area contributed by atoms with Crippen molar-refractivity contribution in [3.05, 3.63) is 34.3 Å². The van der Waals surface area contributed by atoms with Crippen LogP contribution in [0.25, 0.3) is 0 Å². The third kappa shape index (κ3) is 4.56. The third-order valence-electron chi connectivity index (χ3n) is 5.22. The number of aliphatic imine (C=N–C) groups is 1. The Morgan fingerprint density at radius 1 is 1.32 bits per heavy atom. The molecule has 0 amide bonds. The van der Waals surface area contributed by atoms with Gasteiger partial charge in [0.25, 0.3) is 0 Å². The molecule has 2 N–H and O–H groups in total. The second-order valence-corrected chi connectivity index (χ2v) is 10.2. The van der Waals surface area contributed by atoms with Crippen molar-refractivity contribution < 1.29 is 8.42 Å². The van der Waals surface area contributed by atoms with E-state index in [1.165, 1.54) is 12.0 Å². The number of rotatable bonds is 5. The summed E-state index contributed by atoms with van der Waals surface area (Å²) < 4.78 is 24.4. The smallest absolute Gasteiger partial charge is 0.191 e. The molecule has 1 aromatic rings. The highest BCUT2D eigenvalue weighted by Crippen LogP contribution is 2.44. The van der Waals surface area contributed by atoms with Crippen molar-refractivity contribution in [3.8, 4) is 0 Å². The van der Waals surface area contributed by atoms with Crippen molar-refractivity contribution in [1.29, 1.82) is 0 Å². The molecule has 1 aliphatic heterocycles. The molecule has 1 saturated heterocycles. The van der Waals surface area contributed by atoms with Crippen molar-refractivity contribution in [2.75, 3.05) is 24.6 Å². The second kappa shape index (κ2) is 7.66. The zero-order valence-electron chi connectivity index (χ0n) is 14.6. The average molecular weight is 428 g/mol. The summed E-state index contributed by atoms with van der Waals surface area (Å²) >= 11 is 3.50. The molecule has 0 bridgehead atoms. The SMILES string of the molecule is CCNC(=NCC1(c2ccc(Br)cc2)CCC1)NC1CCS(=O)(=O)C1. The van der Waals surface area contributed by atoms with E-state index in [0.717, 1.165) is 36.4 Å². The van der Waals surface area contributed by atoms with E-state index >= 15 is 0 Å². The summed E-state index contributed by atoms with van der Waals surface area (Å²) in [4.78, 5) is 4.81. The molecule has 1 unspecified atom stereocenters. The van der Waals surface area contributed by atoms with Crippen LogP contribution in [-0.4, -0.2) is 45.0 Å². The summed E-state index contributed by atoms with van der Waals surface area (Å²) in [6, 6.07) is 8.51. The highest BCUT2D eigenvalue weighted by atomic mass is 79.9. The van der Waals surface area contributed by atoms with Gasteiger partial charge in [-0.3, -0.25) is 4.99 Å². The second-order valence-electron chi connectivity index (χ2n) is 7.08. The Kier molecular flexibility index (Phi) is 5.73. The van der Waals surface area contributed by atoms with E-state index in [1.54, 1.807) is 0 Å². The first-order valence-corrected chi connectivity index (χ1v) is 11.6. The zero-order valence-corrected chi connectivity index (χ0v) is 17.0. The Hall–Kier alpha value is -1.08. The molecular formula is C18H26BrN3O2S. The summed E-state index contributed by atoms with van der Waals surface area (Å²) in [5.74, 6) is 1.20. The molecular weight excluding hydrogens is 402 g/mol. The lowest BCUT2D eigenvalue weighted by Gasteiger charge is -2.41. The molecule has 2 fully saturated rings. The third-order valence-corrected chi connectivity index (χ3v) is 7.52. The Balaban J connectivity index is 1.70. The Morgan fingerprint density at radius 2 is 2.04 bits per heavy atom. The van der Waals surface area contributed by atoms with Crippen LogP contribution >= 0.6 is 15.9 Å². The molecule has 1 aliphatic carbocycles. The Labute approximate surface area is 158 Å². The molecule has 1 aromatic carbocycles. The van der Waals surface area contributed by atoms with Crippen molar-refractivity contribution in [1.82, 2.24) is 10.6 Å². The number of hydrogen-bond donors (Lipinski definition) is 2. The molecule has 1 heterocycles. The van der Waals surface area contributed by atoms with Crippen LogP contribution in [0.2, 0.25) is 0 Å². The molecule has 7 heteroatoms. The van der Waals surface area contributed by atoms with Gasteiger partial charge in [-0.1, -0.05) is 34.5 Å². The number of nitrogens with zero attached hydrogens (tertiary/aromatic N) is 1. The van der Waals surface area contributed by atoms with Gasteiger partial charge in [-0.15, -0.1) is 0 Å². The summed E-state index contributed by atoms with van der Waals surface area (Å²) in [5, 5.41) is 6.56. The minimum Gasteiger partial charge on any atom is -0.357 e. The van der Waals surface area contributed by atoms with Crippen LogP contribution in [0.5, 0.6) is 0 Å². The predicted molar refractivity (Wildman–Crippen MR) is 106 cm³/mol. The maximum absolute atomic E-state index is 11.7. The van der Waals surface area contributed by atoms with Crippen molar-refractivity contribution in [3.63, 3.8) is 0 Å². The molecule has 0 spiro atoms. The van der Waals surface area contributed by atoms with E-state index in [2.05, 4.69) is 50.8 Å². The first-order valence-electron chi connectivity index (χ1n) is 8.94. The topological polar surface area (TPSA) is 70.6 Å². The van der Waals surface area contributed by atoms with E-state index < -0.39 is 9.84 Å². The van der Waals surface area contributed by atoms with Crippen molar-refractivity contribution in [2.24, 2.45) is 4.99 Å². The standard InChI is InChI=1S/C18H26BrN3O2S/c1-2-20-17(22-16-8-11-25(23,24)12-16)21-13-18(9-3-10-18)14-4-6-15(19)7-5-14/h4-7,16H,2-3,8-13H2,1H3,(H2,20,21,22). The van der Waals surface area contributed by atoms with E-state index in [4.69, 9.17) is 4.99 Å². The van der Waals surface area contributed by atoms with Crippen LogP contribution in [0, 0.1) is 0 Å². The molecule has 138 valence electrons. The van der Waals surface area contributed by atoms with Gasteiger partial charge in [0, 0.05) is 22.5 Å². The molecule has 1 saturated carbocycles. The van der Waals surface area contributed by atoms with Crippen LogP contribution in [-0.2, 0) is 15.3 Å². The maximum atomic E-state index is 11.7. The van der Waals surface area contributed by atoms with Crippen LogP contribution in [0.1, 0.15) is 38.2 Å². The number of hydrogen-bond acceptors (Lipinski definition) is 3. The minimum atomic E-state index is -2.89. The number of nitrogens with one attached hydrogen (secondary N) is 2. The van der Waals surface area contributed by atoms with Gasteiger partial charge in [0.05, 0.1) is 18.1 Å². The molecule has 2 aliphatic rings. The highest BCUT2D eigenvalue weighted by Gasteiger charge is 2.38. The van der Waals surface area contributed by atoms with E-state index in [9.17, 15) is 8.42 Å². The van der Waals surface area contributed by atoms with E-state index in [1.807, 2.05) is 6.92 Å². The molecule has 0 aromatic heterocycles. The fraction of sp³-hybridized carbons (Fsp3) is 0.611. The first kappa shape index (κ1) is 18.7. The number of benzene rings is 1. The summed E-state index contributed by atoms with van der Waals surface area (Å²) in [6.07, 6.45) is 4.19. The summed E-state index contributed by atoms with van der Waals surface area (Å²) in [7, 11) is -2.89. The van der Waals surface area contributed by atoms with Crippen LogP contribution in [0.3, 0.4) is 0 Å². The lowest BCUT2D eigenvalue weighted by molar-refractivity contribution is 0.253. The molecule has 1 atom stereocenters. The summed E-state index contributed by atoms with van der Waals surface area (Å²) in [5.41, 5.74) is 1.45. The monoisotopic (exact) mass is 427 g/mol. The lowest BCUT2D eigenvalue weighted by Crippen LogP contribution is -2.45. The van der Waals surface area contributed by atoms with Gasteiger partial charge in [-0.05, 0) is 43.9 Å². The fourth-order valence-electron chi connectivity index (χ4n) is 3.60. The first-order chi connectivity index (χ1) is 11.9. The largest absolute Gasteiger partial charge is 0.357 e. The van der Waals surface area contributed by atoms with Crippen LogP contribution < -0.4 is 10.6 Å². The van der Waals surface area contributed by atoms with Crippen molar-refractivity contribution >= 4 is 31.7 Å². The van der Waals surface area contributed by atoms with Gasteiger partial charge in [-0.25, -0.2) is 8.42 Å².